The van der Waals surface area contributed by atoms with E-state index >= 15 is 0 Å². The van der Waals surface area contributed by atoms with Crippen LogP contribution in [0.4, 0.5) is 5.95 Å². The van der Waals surface area contributed by atoms with Crippen molar-refractivity contribution in [3.63, 3.8) is 0 Å². The average Bonchev–Trinajstić information content (AvgIpc) is 3.02. The number of aliphatic hydroxyl groups excluding tert-OH is 3. The largest absolute Gasteiger partial charge is 0.437 e. The van der Waals surface area contributed by atoms with Gasteiger partial charge in [-0.25, -0.2) is 14.8 Å². The van der Waals surface area contributed by atoms with E-state index in [1.165, 1.54) is 0 Å². The Kier molecular flexibility index (Phi) is 4.39. The summed E-state index contributed by atoms with van der Waals surface area (Å²) in [6.45, 7) is -0.532. The Hall–Kier alpha value is -2.45. The van der Waals surface area contributed by atoms with Crippen molar-refractivity contribution < 1.29 is 25.0 Å². The second-order valence-corrected chi connectivity index (χ2v) is 4.70. The van der Waals surface area contributed by atoms with Crippen LogP contribution in [0.25, 0.3) is 11.2 Å². The quantitative estimate of drug-likeness (QED) is 0.302. The van der Waals surface area contributed by atoms with Crippen LogP contribution in [0.3, 0.4) is 0 Å². The van der Waals surface area contributed by atoms with E-state index in [9.17, 15) is 25.1 Å². The van der Waals surface area contributed by atoms with Crippen LogP contribution >= 0.6 is 0 Å². The van der Waals surface area contributed by atoms with Crippen molar-refractivity contribution in [1.29, 1.82) is 0 Å². The fraction of sp³-hybridized carbons (Fsp3) is 0.500. The molecule has 0 aliphatic carbocycles. The summed E-state index contributed by atoms with van der Waals surface area (Å²) in [6.07, 6.45) is -3.89. The summed E-state index contributed by atoms with van der Waals surface area (Å²) in [5.41, 5.74) is -1.17. The molecule has 0 bridgehead atoms. The summed E-state index contributed by atoms with van der Waals surface area (Å²) in [7, 11) is 0. The second kappa shape index (κ2) is 5.98. The van der Waals surface area contributed by atoms with Crippen molar-refractivity contribution in [3.8, 4) is 0 Å². The minimum atomic E-state index is -1.42. The number of aromatic nitrogens is 4. The Labute approximate surface area is 126 Å². The van der Waals surface area contributed by atoms with E-state index in [-0.39, 0.29) is 17.3 Å². The monoisotopic (exact) mass is 330 g/mol. The summed E-state index contributed by atoms with van der Waals surface area (Å²) >= 11 is 0. The van der Waals surface area contributed by atoms with E-state index in [0.29, 0.717) is 0 Å². The van der Waals surface area contributed by atoms with Crippen LogP contribution in [0.15, 0.2) is 11.1 Å². The van der Waals surface area contributed by atoms with Crippen LogP contribution in [0.2, 0.25) is 0 Å². The molecule has 2 aromatic rings. The molecule has 13 nitrogen and oxygen atoms in total. The van der Waals surface area contributed by atoms with Crippen LogP contribution in [0.5, 0.6) is 0 Å². The molecule has 1 saturated heterocycles. The third-order valence-corrected chi connectivity index (χ3v) is 3.38. The van der Waals surface area contributed by atoms with E-state index in [0.717, 1.165) is 10.9 Å². The third kappa shape index (κ3) is 2.55. The van der Waals surface area contributed by atoms with Crippen molar-refractivity contribution in [2.24, 2.45) is 0 Å². The molecule has 0 aromatic carbocycles. The molecule has 126 valence electrons. The standard InChI is InChI=1S/C10H11N5O7.H3N/c16-1-3-5(17)6(18)9(22-3)14-2-11-4-7(14)12-10(15(20)21)13-8(4)19;/h2-3,5-6,9,16-18H,1H2,(H,12,13,19);1H3. The molecule has 0 spiro atoms. The molecule has 4 atom stereocenters. The first-order chi connectivity index (χ1) is 10.4. The van der Waals surface area contributed by atoms with Gasteiger partial charge >= 0.3 is 11.5 Å². The van der Waals surface area contributed by atoms with Gasteiger partial charge in [0.05, 0.1) is 6.61 Å². The highest BCUT2D eigenvalue weighted by Crippen LogP contribution is 2.30. The first-order valence-electron chi connectivity index (χ1n) is 6.17. The lowest BCUT2D eigenvalue weighted by atomic mass is 10.1. The number of fused-ring (bicyclic) bond motifs is 1. The molecular weight excluding hydrogens is 316 g/mol. The summed E-state index contributed by atoms with van der Waals surface area (Å²) < 4.78 is 6.38. The molecule has 0 amide bonds. The fourth-order valence-corrected chi connectivity index (χ4v) is 2.30. The molecule has 23 heavy (non-hydrogen) atoms. The van der Waals surface area contributed by atoms with Gasteiger partial charge in [0, 0.05) is 0 Å². The maximum atomic E-state index is 11.7. The van der Waals surface area contributed by atoms with Gasteiger partial charge < -0.3 is 36.3 Å². The molecule has 13 heteroatoms. The Bertz CT molecular complexity index is 788. The SMILES string of the molecule is N.O=c1[nH]c([N+](=O)[O-])nc2c1ncn2C1OC(CO)C(O)C1O. The van der Waals surface area contributed by atoms with Crippen LogP contribution in [-0.2, 0) is 4.74 Å². The zero-order valence-corrected chi connectivity index (χ0v) is 11.6. The van der Waals surface area contributed by atoms with Crippen LogP contribution in [0, 0.1) is 10.1 Å². The average molecular weight is 330 g/mol. The van der Waals surface area contributed by atoms with Gasteiger partial charge in [-0.05, 0) is 9.91 Å². The number of imidazole rings is 1. The number of nitrogens with zero attached hydrogens (tertiary/aromatic N) is 4. The molecule has 2 aromatic heterocycles. The van der Waals surface area contributed by atoms with E-state index < -0.39 is 47.6 Å². The number of ether oxygens (including phenoxy) is 1. The Morgan fingerprint density at radius 2 is 2.13 bits per heavy atom. The zero-order valence-electron chi connectivity index (χ0n) is 11.6. The molecule has 0 saturated carbocycles. The lowest BCUT2D eigenvalue weighted by Gasteiger charge is -2.15. The lowest BCUT2D eigenvalue weighted by Crippen LogP contribution is -2.33. The zero-order chi connectivity index (χ0) is 16.0. The summed E-state index contributed by atoms with van der Waals surface area (Å²) in [5, 5.41) is 39.5. The Morgan fingerprint density at radius 1 is 1.43 bits per heavy atom. The number of nitrogens with one attached hydrogen (secondary N) is 1. The predicted octanol–water partition coefficient (Wildman–Crippen LogP) is -2.20. The maximum Gasteiger partial charge on any atom is 0.437 e. The van der Waals surface area contributed by atoms with Crippen molar-refractivity contribution in [2.75, 3.05) is 6.61 Å². The smallest absolute Gasteiger partial charge is 0.394 e. The number of H-pyrrole nitrogens is 1. The molecule has 3 rings (SSSR count). The summed E-state index contributed by atoms with van der Waals surface area (Å²) in [6, 6.07) is 0. The third-order valence-electron chi connectivity index (χ3n) is 3.38. The molecule has 7 N–H and O–H groups in total. The number of aliphatic hydroxyl groups is 3. The molecular formula is C10H14N6O7. The van der Waals surface area contributed by atoms with Gasteiger partial charge in [0.25, 0.3) is 0 Å². The topological polar surface area (TPSA) is 212 Å². The maximum absolute atomic E-state index is 11.7. The van der Waals surface area contributed by atoms with E-state index in [4.69, 9.17) is 9.84 Å². The number of rotatable bonds is 3. The molecule has 0 radical (unpaired) electrons. The van der Waals surface area contributed by atoms with E-state index in [1.807, 2.05) is 4.98 Å². The van der Waals surface area contributed by atoms with Crippen LogP contribution in [-0.4, -0.2) is 64.7 Å². The van der Waals surface area contributed by atoms with Crippen LogP contribution < -0.4 is 11.7 Å². The molecule has 1 fully saturated rings. The molecule has 3 heterocycles. The van der Waals surface area contributed by atoms with Crippen molar-refractivity contribution in [2.45, 2.75) is 24.5 Å². The number of aromatic amines is 1. The van der Waals surface area contributed by atoms with E-state index in [2.05, 4.69) is 9.97 Å². The molecule has 1 aliphatic rings. The highest BCUT2D eigenvalue weighted by molar-refractivity contribution is 5.70. The predicted molar refractivity (Wildman–Crippen MR) is 72.8 cm³/mol. The normalized spacial score (nSPS) is 27.1. The summed E-state index contributed by atoms with van der Waals surface area (Å²) in [4.78, 5) is 31.0. The van der Waals surface area contributed by atoms with Crippen molar-refractivity contribution in [3.05, 3.63) is 26.8 Å². The van der Waals surface area contributed by atoms with Crippen molar-refractivity contribution in [1.82, 2.24) is 25.7 Å². The van der Waals surface area contributed by atoms with Crippen LogP contribution in [0.1, 0.15) is 6.23 Å². The van der Waals surface area contributed by atoms with Gasteiger partial charge in [-0.3, -0.25) is 4.57 Å². The van der Waals surface area contributed by atoms with Gasteiger partial charge in [0.15, 0.2) is 6.23 Å². The van der Waals surface area contributed by atoms with Gasteiger partial charge in [-0.1, -0.05) is 0 Å². The Morgan fingerprint density at radius 3 is 2.70 bits per heavy atom. The number of hydrogen-bond donors (Lipinski definition) is 5. The first-order valence-corrected chi connectivity index (χ1v) is 6.17. The second-order valence-electron chi connectivity index (χ2n) is 4.70. The first kappa shape index (κ1) is 16.9. The van der Waals surface area contributed by atoms with Gasteiger partial charge in [0.2, 0.25) is 11.2 Å². The number of hydrogen-bond acceptors (Lipinski definition) is 10. The molecule has 4 unspecified atom stereocenters. The number of nitro groups is 1. The molecule has 1 aliphatic heterocycles. The highest BCUT2D eigenvalue weighted by atomic mass is 16.6. The van der Waals surface area contributed by atoms with Gasteiger partial charge in [-0.15, -0.1) is 0 Å². The lowest BCUT2D eigenvalue weighted by molar-refractivity contribution is -0.394. The highest BCUT2D eigenvalue weighted by Gasteiger charge is 2.44. The summed E-state index contributed by atoms with van der Waals surface area (Å²) in [5.74, 6) is -0.786. The fourth-order valence-electron chi connectivity index (χ4n) is 2.30. The van der Waals surface area contributed by atoms with Crippen molar-refractivity contribution >= 4 is 17.1 Å². The van der Waals surface area contributed by atoms with Gasteiger partial charge in [0.1, 0.15) is 24.6 Å². The Balaban J connectivity index is 0.00000192. The minimum absolute atomic E-state index is 0. The van der Waals surface area contributed by atoms with E-state index in [1.54, 1.807) is 0 Å². The minimum Gasteiger partial charge on any atom is -0.394 e. The van der Waals surface area contributed by atoms with Gasteiger partial charge in [-0.2, -0.15) is 0 Å².